The predicted molar refractivity (Wildman–Crippen MR) is 75.2 cm³/mol. The monoisotopic (exact) mass is 276 g/mol. The molecular weight excluding hydrogens is 256 g/mol. The van der Waals surface area contributed by atoms with Gasteiger partial charge in [0, 0.05) is 0 Å². The molecule has 0 aliphatic carbocycles. The second-order valence-electron chi connectivity index (χ2n) is 5.05. The molecule has 1 atom stereocenters. The number of esters is 1. The highest BCUT2D eigenvalue weighted by atomic mass is 16.5. The number of hydrogen-bond donors (Lipinski definition) is 0. The van der Waals surface area contributed by atoms with Crippen LogP contribution in [0.25, 0.3) is 0 Å². The van der Waals surface area contributed by atoms with Crippen LogP contribution in [0.5, 0.6) is 0 Å². The Labute approximate surface area is 119 Å². The molecule has 0 heterocycles. The lowest BCUT2D eigenvalue weighted by atomic mass is 9.76. The van der Waals surface area contributed by atoms with Crippen LogP contribution in [0.15, 0.2) is 30.3 Å². The number of ketones is 2. The van der Waals surface area contributed by atoms with Crippen molar-refractivity contribution in [3.63, 3.8) is 0 Å². The zero-order chi connectivity index (χ0) is 15.2. The van der Waals surface area contributed by atoms with E-state index in [0.29, 0.717) is 12.8 Å². The number of carbonyl (C=O) groups excluding carboxylic acids is 3. The summed E-state index contributed by atoms with van der Waals surface area (Å²) in [7, 11) is 1.23. The normalized spacial score (nSPS) is 13.3. The van der Waals surface area contributed by atoms with Crippen LogP contribution in [0.2, 0.25) is 0 Å². The molecule has 1 aromatic rings. The maximum absolute atomic E-state index is 12.2. The fraction of sp³-hybridized carbons (Fsp3) is 0.438. The summed E-state index contributed by atoms with van der Waals surface area (Å²) in [5.41, 5.74) is -0.0739. The van der Waals surface area contributed by atoms with Crippen molar-refractivity contribution in [3.05, 3.63) is 35.9 Å². The van der Waals surface area contributed by atoms with Crippen LogP contribution in [0.1, 0.15) is 32.3 Å². The highest BCUT2D eigenvalue weighted by molar-refractivity contribution is 6.10. The Morgan fingerprint density at radius 1 is 1.15 bits per heavy atom. The van der Waals surface area contributed by atoms with Crippen LogP contribution in [-0.2, 0) is 25.5 Å². The number of Topliss-reactive ketones (excluding diaryl/α,β-unsaturated/α-hetero) is 2. The van der Waals surface area contributed by atoms with Gasteiger partial charge in [-0.3, -0.25) is 14.4 Å². The molecule has 1 aromatic carbocycles. The van der Waals surface area contributed by atoms with Gasteiger partial charge in [0.1, 0.15) is 12.2 Å². The first-order valence-corrected chi connectivity index (χ1v) is 6.55. The summed E-state index contributed by atoms with van der Waals surface area (Å²) in [6.07, 6.45) is 0.646. The van der Waals surface area contributed by atoms with Gasteiger partial charge in [0.15, 0.2) is 5.78 Å². The molecule has 108 valence electrons. The third-order valence-corrected chi connectivity index (χ3v) is 3.68. The van der Waals surface area contributed by atoms with E-state index in [9.17, 15) is 14.4 Å². The molecule has 0 aromatic heterocycles. The number of hydrogen-bond acceptors (Lipinski definition) is 4. The molecule has 0 amide bonds. The van der Waals surface area contributed by atoms with Gasteiger partial charge in [-0.25, -0.2) is 0 Å². The van der Waals surface area contributed by atoms with E-state index in [2.05, 4.69) is 4.74 Å². The molecule has 0 aliphatic heterocycles. The van der Waals surface area contributed by atoms with Gasteiger partial charge < -0.3 is 4.74 Å². The van der Waals surface area contributed by atoms with E-state index >= 15 is 0 Å². The zero-order valence-corrected chi connectivity index (χ0v) is 12.1. The van der Waals surface area contributed by atoms with E-state index in [4.69, 9.17) is 0 Å². The largest absolute Gasteiger partial charge is 0.469 e. The first-order valence-electron chi connectivity index (χ1n) is 6.55. The van der Waals surface area contributed by atoms with E-state index in [-0.39, 0.29) is 18.0 Å². The Morgan fingerprint density at radius 3 is 2.25 bits per heavy atom. The number of aryl methyl sites for hydroxylation is 1. The Kier molecular flexibility index (Phi) is 5.62. The summed E-state index contributed by atoms with van der Waals surface area (Å²) in [5.74, 6) is -1.21. The molecule has 0 aliphatic rings. The number of rotatable bonds is 7. The predicted octanol–water partition coefficient (Wildman–Crippen LogP) is 2.35. The lowest BCUT2D eigenvalue weighted by molar-refractivity contribution is -0.147. The molecule has 4 nitrogen and oxygen atoms in total. The lowest BCUT2D eigenvalue weighted by Crippen LogP contribution is -2.37. The SMILES string of the molecule is COC(=O)CC(=O)C(C)(CCc1ccccc1)C(C)=O. The summed E-state index contributed by atoms with van der Waals surface area (Å²) < 4.78 is 4.49. The quantitative estimate of drug-likeness (QED) is 0.566. The summed E-state index contributed by atoms with van der Waals surface area (Å²) in [4.78, 5) is 35.2. The first kappa shape index (κ1) is 16.1. The van der Waals surface area contributed by atoms with Crippen LogP contribution in [0.4, 0.5) is 0 Å². The minimum absolute atomic E-state index is 0.220. The third-order valence-electron chi connectivity index (χ3n) is 3.68. The van der Waals surface area contributed by atoms with Gasteiger partial charge in [-0.1, -0.05) is 30.3 Å². The smallest absolute Gasteiger partial charge is 0.313 e. The van der Waals surface area contributed by atoms with Gasteiger partial charge in [-0.15, -0.1) is 0 Å². The minimum Gasteiger partial charge on any atom is -0.469 e. The molecule has 20 heavy (non-hydrogen) atoms. The summed E-state index contributed by atoms with van der Waals surface area (Å²) in [6, 6.07) is 9.64. The van der Waals surface area contributed by atoms with Crippen molar-refractivity contribution in [2.45, 2.75) is 33.1 Å². The molecule has 0 bridgehead atoms. The molecule has 0 fully saturated rings. The Balaban J connectivity index is 2.79. The van der Waals surface area contributed by atoms with Crippen LogP contribution in [0, 0.1) is 5.41 Å². The van der Waals surface area contributed by atoms with Gasteiger partial charge in [0.05, 0.1) is 12.5 Å². The Hall–Kier alpha value is -1.97. The van der Waals surface area contributed by atoms with Gasteiger partial charge in [-0.2, -0.15) is 0 Å². The van der Waals surface area contributed by atoms with Gasteiger partial charge in [0.2, 0.25) is 0 Å². The van der Waals surface area contributed by atoms with Crippen molar-refractivity contribution >= 4 is 17.5 Å². The van der Waals surface area contributed by atoms with E-state index in [1.165, 1.54) is 14.0 Å². The highest BCUT2D eigenvalue weighted by Crippen LogP contribution is 2.28. The number of ether oxygens (including phenoxy) is 1. The maximum atomic E-state index is 12.2. The number of benzene rings is 1. The zero-order valence-electron chi connectivity index (χ0n) is 12.1. The van der Waals surface area contributed by atoms with E-state index in [1.807, 2.05) is 30.3 Å². The van der Waals surface area contributed by atoms with Crippen molar-refractivity contribution < 1.29 is 19.1 Å². The van der Waals surface area contributed by atoms with Gasteiger partial charge >= 0.3 is 5.97 Å². The third kappa shape index (κ3) is 4.02. The molecular formula is C16H20O4. The molecule has 1 unspecified atom stereocenters. The van der Waals surface area contributed by atoms with Crippen LogP contribution >= 0.6 is 0 Å². The Morgan fingerprint density at radius 2 is 1.75 bits per heavy atom. The van der Waals surface area contributed by atoms with E-state index < -0.39 is 11.4 Å². The first-order chi connectivity index (χ1) is 9.40. The lowest BCUT2D eigenvalue weighted by Gasteiger charge is -2.24. The van der Waals surface area contributed by atoms with E-state index in [0.717, 1.165) is 5.56 Å². The Bertz CT molecular complexity index is 492. The molecule has 4 heteroatoms. The van der Waals surface area contributed by atoms with Gasteiger partial charge in [-0.05, 0) is 32.3 Å². The van der Waals surface area contributed by atoms with Crippen molar-refractivity contribution in [3.8, 4) is 0 Å². The van der Waals surface area contributed by atoms with Crippen LogP contribution in [-0.4, -0.2) is 24.6 Å². The minimum atomic E-state index is -1.13. The molecule has 0 saturated heterocycles. The van der Waals surface area contributed by atoms with E-state index in [1.54, 1.807) is 6.92 Å². The number of carbonyl (C=O) groups is 3. The second kappa shape index (κ2) is 6.98. The van der Waals surface area contributed by atoms with Gasteiger partial charge in [0.25, 0.3) is 0 Å². The van der Waals surface area contributed by atoms with Crippen LogP contribution in [0.3, 0.4) is 0 Å². The topological polar surface area (TPSA) is 60.4 Å². The molecule has 0 saturated carbocycles. The molecule has 0 radical (unpaired) electrons. The van der Waals surface area contributed by atoms with Crippen molar-refractivity contribution in [1.82, 2.24) is 0 Å². The fourth-order valence-corrected chi connectivity index (χ4v) is 1.95. The number of methoxy groups -OCH3 is 1. The summed E-state index contributed by atoms with van der Waals surface area (Å²) in [5, 5.41) is 0. The van der Waals surface area contributed by atoms with Crippen LogP contribution < -0.4 is 0 Å². The standard InChI is InChI=1S/C16H20O4/c1-12(17)16(2,14(18)11-15(19)20-3)10-9-13-7-5-4-6-8-13/h4-8H,9-11H2,1-3H3. The summed E-state index contributed by atoms with van der Waals surface area (Å²) in [6.45, 7) is 2.99. The molecule has 0 N–H and O–H groups in total. The molecule has 0 spiro atoms. The molecule has 1 rings (SSSR count). The van der Waals surface area contributed by atoms with Crippen molar-refractivity contribution in [2.24, 2.45) is 5.41 Å². The average molecular weight is 276 g/mol. The second-order valence-corrected chi connectivity index (χ2v) is 5.05. The summed E-state index contributed by atoms with van der Waals surface area (Å²) >= 11 is 0. The van der Waals surface area contributed by atoms with Crippen molar-refractivity contribution in [2.75, 3.05) is 7.11 Å². The average Bonchev–Trinajstić information content (AvgIpc) is 2.45. The van der Waals surface area contributed by atoms with Crippen molar-refractivity contribution in [1.29, 1.82) is 0 Å². The maximum Gasteiger partial charge on any atom is 0.313 e. The fourth-order valence-electron chi connectivity index (χ4n) is 1.95. The highest BCUT2D eigenvalue weighted by Gasteiger charge is 2.38.